The number of carbonyl (C=O) groups is 1. The van der Waals surface area contributed by atoms with E-state index in [1.807, 2.05) is 4.90 Å². The van der Waals surface area contributed by atoms with Gasteiger partial charge in [-0.2, -0.15) is 0 Å². The molecule has 2 rings (SSSR count). The number of ether oxygens (including phenoxy) is 1. The minimum absolute atomic E-state index is 0.00185. The molecule has 0 radical (unpaired) electrons. The van der Waals surface area contributed by atoms with Crippen LogP contribution in [0.15, 0.2) is 18.2 Å². The number of rotatable bonds is 4. The van der Waals surface area contributed by atoms with Gasteiger partial charge in [0.15, 0.2) is 0 Å². The molecular formula is C15H22N2O3. The lowest BCUT2D eigenvalue weighted by Crippen LogP contribution is -2.40. The van der Waals surface area contributed by atoms with Crippen LogP contribution in [0.3, 0.4) is 0 Å². The van der Waals surface area contributed by atoms with E-state index in [0.29, 0.717) is 29.5 Å². The van der Waals surface area contributed by atoms with Gasteiger partial charge in [0, 0.05) is 25.3 Å². The summed E-state index contributed by atoms with van der Waals surface area (Å²) in [4.78, 5) is 14.3. The zero-order chi connectivity index (χ0) is 14.5. The number of hydrogen-bond donors (Lipinski definition) is 2. The molecule has 5 heteroatoms. The molecule has 1 aliphatic heterocycles. The van der Waals surface area contributed by atoms with Gasteiger partial charge in [0.1, 0.15) is 5.75 Å². The number of aliphatic hydroxyl groups excluding tert-OH is 1. The molecular weight excluding hydrogens is 256 g/mol. The molecule has 0 spiro atoms. The number of nitrogen functional groups attached to an aromatic ring is 1. The number of nitrogens with two attached hydrogens (primary N) is 1. The van der Waals surface area contributed by atoms with Crippen molar-refractivity contribution in [2.24, 2.45) is 5.92 Å². The number of nitrogens with zero attached hydrogens (tertiary/aromatic N) is 1. The molecule has 20 heavy (non-hydrogen) atoms. The van der Waals surface area contributed by atoms with Gasteiger partial charge in [0.25, 0.3) is 5.91 Å². The monoisotopic (exact) mass is 278 g/mol. The molecule has 0 aromatic heterocycles. The van der Waals surface area contributed by atoms with Gasteiger partial charge in [-0.3, -0.25) is 4.79 Å². The fourth-order valence-corrected chi connectivity index (χ4v) is 2.72. The van der Waals surface area contributed by atoms with Crippen molar-refractivity contribution in [1.29, 1.82) is 0 Å². The van der Waals surface area contributed by atoms with E-state index in [1.54, 1.807) is 25.3 Å². The van der Waals surface area contributed by atoms with Crippen molar-refractivity contribution >= 4 is 11.6 Å². The molecule has 1 unspecified atom stereocenters. The smallest absolute Gasteiger partial charge is 0.253 e. The summed E-state index contributed by atoms with van der Waals surface area (Å²) in [6.45, 7) is 1.67. The first-order valence-electron chi connectivity index (χ1n) is 6.99. The van der Waals surface area contributed by atoms with Crippen molar-refractivity contribution < 1.29 is 14.6 Å². The van der Waals surface area contributed by atoms with E-state index < -0.39 is 0 Å². The highest BCUT2D eigenvalue weighted by Gasteiger charge is 2.24. The average Bonchev–Trinajstić information content (AvgIpc) is 2.47. The molecule has 0 saturated carbocycles. The number of methoxy groups -OCH3 is 1. The summed E-state index contributed by atoms with van der Waals surface area (Å²) in [7, 11) is 1.55. The molecule has 1 heterocycles. The van der Waals surface area contributed by atoms with E-state index in [4.69, 9.17) is 15.6 Å². The van der Waals surface area contributed by atoms with Gasteiger partial charge < -0.3 is 20.5 Å². The van der Waals surface area contributed by atoms with Crippen LogP contribution >= 0.6 is 0 Å². The molecule has 1 atom stereocenters. The quantitative estimate of drug-likeness (QED) is 0.819. The van der Waals surface area contributed by atoms with E-state index in [0.717, 1.165) is 25.8 Å². The van der Waals surface area contributed by atoms with Gasteiger partial charge in [-0.1, -0.05) is 0 Å². The number of piperidine rings is 1. The first-order valence-corrected chi connectivity index (χ1v) is 6.99. The largest absolute Gasteiger partial charge is 0.495 e. The van der Waals surface area contributed by atoms with Crippen molar-refractivity contribution in [2.75, 3.05) is 32.5 Å². The van der Waals surface area contributed by atoms with Gasteiger partial charge in [-0.05, 0) is 43.4 Å². The summed E-state index contributed by atoms with van der Waals surface area (Å²) >= 11 is 0. The van der Waals surface area contributed by atoms with Crippen molar-refractivity contribution in [1.82, 2.24) is 4.90 Å². The van der Waals surface area contributed by atoms with Crippen molar-refractivity contribution in [3.8, 4) is 5.75 Å². The van der Waals surface area contributed by atoms with Crippen LogP contribution in [0, 0.1) is 5.92 Å². The lowest BCUT2D eigenvalue weighted by molar-refractivity contribution is 0.0653. The first kappa shape index (κ1) is 14.7. The Kier molecular flexibility index (Phi) is 4.84. The normalized spacial score (nSPS) is 18.9. The van der Waals surface area contributed by atoms with E-state index in [2.05, 4.69) is 0 Å². The predicted molar refractivity (Wildman–Crippen MR) is 77.7 cm³/mol. The maximum Gasteiger partial charge on any atom is 0.253 e. The van der Waals surface area contributed by atoms with Crippen LogP contribution in [0.25, 0.3) is 0 Å². The number of aliphatic hydroxyl groups is 1. The van der Waals surface area contributed by atoms with Crippen molar-refractivity contribution in [2.45, 2.75) is 19.3 Å². The zero-order valence-corrected chi connectivity index (χ0v) is 11.8. The number of amides is 1. The molecule has 0 bridgehead atoms. The Morgan fingerprint density at radius 1 is 1.55 bits per heavy atom. The minimum Gasteiger partial charge on any atom is -0.495 e. The predicted octanol–water partition coefficient (Wildman–Crippen LogP) is 1.51. The second kappa shape index (κ2) is 6.61. The minimum atomic E-state index is 0.00185. The summed E-state index contributed by atoms with van der Waals surface area (Å²) in [5.41, 5.74) is 6.91. The Hall–Kier alpha value is -1.75. The third-order valence-corrected chi connectivity index (χ3v) is 3.82. The van der Waals surface area contributed by atoms with Crippen LogP contribution in [-0.2, 0) is 0 Å². The second-order valence-electron chi connectivity index (χ2n) is 5.23. The number of benzene rings is 1. The topological polar surface area (TPSA) is 75.8 Å². The maximum absolute atomic E-state index is 12.5. The van der Waals surface area contributed by atoms with Crippen LogP contribution in [0.5, 0.6) is 5.75 Å². The van der Waals surface area contributed by atoms with E-state index in [-0.39, 0.29) is 12.5 Å². The third-order valence-electron chi connectivity index (χ3n) is 3.82. The SMILES string of the molecule is COc1ccc(C(=O)N2CCCC(CCO)C2)cc1N. The number of hydrogen-bond acceptors (Lipinski definition) is 4. The van der Waals surface area contributed by atoms with Gasteiger partial charge >= 0.3 is 0 Å². The summed E-state index contributed by atoms with van der Waals surface area (Å²) in [6.07, 6.45) is 2.83. The molecule has 1 aromatic carbocycles. The molecule has 1 saturated heterocycles. The summed E-state index contributed by atoms with van der Waals surface area (Å²) in [6, 6.07) is 5.13. The first-order chi connectivity index (χ1) is 9.65. The van der Waals surface area contributed by atoms with Crippen molar-refractivity contribution in [3.05, 3.63) is 23.8 Å². The molecule has 110 valence electrons. The fraction of sp³-hybridized carbons (Fsp3) is 0.533. The van der Waals surface area contributed by atoms with Crippen LogP contribution in [-0.4, -0.2) is 42.7 Å². The molecule has 1 aliphatic rings. The van der Waals surface area contributed by atoms with Crippen LogP contribution in [0.2, 0.25) is 0 Å². The highest BCUT2D eigenvalue weighted by atomic mass is 16.5. The van der Waals surface area contributed by atoms with Crippen LogP contribution < -0.4 is 10.5 Å². The van der Waals surface area contributed by atoms with E-state index in [1.165, 1.54) is 0 Å². The van der Waals surface area contributed by atoms with E-state index in [9.17, 15) is 4.79 Å². The maximum atomic E-state index is 12.5. The Morgan fingerprint density at radius 2 is 2.35 bits per heavy atom. The molecule has 0 aliphatic carbocycles. The van der Waals surface area contributed by atoms with Gasteiger partial charge in [-0.15, -0.1) is 0 Å². The zero-order valence-electron chi connectivity index (χ0n) is 11.8. The summed E-state index contributed by atoms with van der Waals surface area (Å²) < 4.78 is 5.10. The molecule has 1 amide bonds. The van der Waals surface area contributed by atoms with Gasteiger partial charge in [0.05, 0.1) is 12.8 Å². The lowest BCUT2D eigenvalue weighted by Gasteiger charge is -2.32. The van der Waals surface area contributed by atoms with Gasteiger partial charge in [0.2, 0.25) is 0 Å². The highest BCUT2D eigenvalue weighted by Crippen LogP contribution is 2.25. The Bertz CT molecular complexity index is 474. The molecule has 3 N–H and O–H groups in total. The van der Waals surface area contributed by atoms with Crippen LogP contribution in [0.1, 0.15) is 29.6 Å². The van der Waals surface area contributed by atoms with E-state index >= 15 is 0 Å². The second-order valence-corrected chi connectivity index (χ2v) is 5.23. The van der Waals surface area contributed by atoms with Crippen LogP contribution in [0.4, 0.5) is 5.69 Å². The fourth-order valence-electron chi connectivity index (χ4n) is 2.72. The third kappa shape index (κ3) is 3.22. The number of likely N-dealkylation sites (tertiary alicyclic amines) is 1. The molecule has 5 nitrogen and oxygen atoms in total. The molecule has 1 fully saturated rings. The standard InChI is InChI=1S/C15H22N2O3/c1-20-14-5-4-12(9-13(14)16)15(19)17-7-2-3-11(10-17)6-8-18/h4-5,9,11,18H,2-3,6-8,10,16H2,1H3. The average molecular weight is 278 g/mol. The van der Waals surface area contributed by atoms with Crippen molar-refractivity contribution in [3.63, 3.8) is 0 Å². The Balaban J connectivity index is 2.08. The molecule has 1 aromatic rings. The number of anilines is 1. The number of carbonyl (C=O) groups excluding carboxylic acids is 1. The van der Waals surface area contributed by atoms with Gasteiger partial charge in [-0.25, -0.2) is 0 Å². The summed E-state index contributed by atoms with van der Waals surface area (Å²) in [5, 5.41) is 9.02. The highest BCUT2D eigenvalue weighted by molar-refractivity contribution is 5.95. The Labute approximate surface area is 119 Å². The summed E-state index contributed by atoms with van der Waals surface area (Å²) in [5.74, 6) is 0.980. The Morgan fingerprint density at radius 3 is 3.00 bits per heavy atom. The lowest BCUT2D eigenvalue weighted by atomic mass is 9.94.